The lowest BCUT2D eigenvalue weighted by molar-refractivity contribution is 0.132. The third-order valence-corrected chi connectivity index (χ3v) is 5.39. The van der Waals surface area contributed by atoms with E-state index in [4.69, 9.17) is 10.5 Å². The van der Waals surface area contributed by atoms with E-state index in [0.29, 0.717) is 12.0 Å². The number of aliphatic imine (C=N–C) groups is 2. The highest BCUT2D eigenvalue weighted by Crippen LogP contribution is 2.38. The molecule has 0 spiro atoms. The molecule has 0 saturated carbocycles. The Morgan fingerprint density at radius 2 is 2.36 bits per heavy atom. The van der Waals surface area contributed by atoms with Crippen LogP contribution in [0.4, 0.5) is 0 Å². The van der Waals surface area contributed by atoms with Crippen LogP contribution in [0.5, 0.6) is 0 Å². The molecule has 22 heavy (non-hydrogen) atoms. The molecule has 1 aromatic heterocycles. The van der Waals surface area contributed by atoms with Gasteiger partial charge in [0.1, 0.15) is 11.2 Å². The molecule has 3 aliphatic heterocycles. The Hall–Kier alpha value is -1.73. The molecule has 0 bridgehead atoms. The maximum absolute atomic E-state index is 5.90. The number of hydrogen-bond donors (Lipinski definition) is 1. The molecular weight excluding hydrogens is 298 g/mol. The van der Waals surface area contributed by atoms with Crippen molar-refractivity contribution in [3.05, 3.63) is 22.8 Å². The van der Waals surface area contributed by atoms with E-state index in [1.165, 1.54) is 5.57 Å². The number of thiazole rings is 1. The molecule has 1 aromatic rings. The molecule has 3 aliphatic rings. The molecule has 4 heterocycles. The molecule has 0 radical (unpaired) electrons. The van der Waals surface area contributed by atoms with Gasteiger partial charge in [-0.15, -0.1) is 11.3 Å². The third kappa shape index (κ3) is 2.34. The lowest BCUT2D eigenvalue weighted by atomic mass is 9.87. The van der Waals surface area contributed by atoms with E-state index in [2.05, 4.69) is 26.1 Å². The van der Waals surface area contributed by atoms with Crippen LogP contribution in [0, 0.1) is 5.92 Å². The van der Waals surface area contributed by atoms with Gasteiger partial charge in [-0.2, -0.15) is 0 Å². The van der Waals surface area contributed by atoms with E-state index >= 15 is 0 Å². The Balaban J connectivity index is 1.74. The fraction of sp³-hybridized carbons (Fsp3) is 0.533. The first-order valence-electron chi connectivity index (χ1n) is 7.56. The van der Waals surface area contributed by atoms with Gasteiger partial charge in [-0.1, -0.05) is 0 Å². The van der Waals surface area contributed by atoms with Crippen molar-refractivity contribution in [2.75, 3.05) is 13.2 Å². The first kappa shape index (κ1) is 13.9. The second kappa shape index (κ2) is 5.48. The summed E-state index contributed by atoms with van der Waals surface area (Å²) in [4.78, 5) is 15.8. The van der Waals surface area contributed by atoms with Crippen molar-refractivity contribution in [1.82, 2.24) is 9.88 Å². The summed E-state index contributed by atoms with van der Waals surface area (Å²) in [5.74, 6) is 0.644. The van der Waals surface area contributed by atoms with Gasteiger partial charge < -0.3 is 15.4 Å². The maximum Gasteiger partial charge on any atom is 0.217 e. The maximum atomic E-state index is 5.90. The fourth-order valence-corrected chi connectivity index (χ4v) is 4.07. The SMILES string of the molecule is CC1=NC(N)=NC2C1CC(c1nccs1)=CN2[C@H]1CCOC1. The summed E-state index contributed by atoms with van der Waals surface area (Å²) in [6, 6.07) is 0.352. The van der Waals surface area contributed by atoms with Crippen LogP contribution in [0.3, 0.4) is 0 Å². The Morgan fingerprint density at radius 3 is 3.09 bits per heavy atom. The van der Waals surface area contributed by atoms with Crippen LogP contribution < -0.4 is 5.73 Å². The van der Waals surface area contributed by atoms with Crippen molar-refractivity contribution in [2.45, 2.75) is 32.0 Å². The first-order chi connectivity index (χ1) is 10.7. The van der Waals surface area contributed by atoms with Gasteiger partial charge in [0.25, 0.3) is 0 Å². The molecule has 7 heteroatoms. The van der Waals surface area contributed by atoms with E-state index in [-0.39, 0.29) is 12.1 Å². The van der Waals surface area contributed by atoms with Crippen LogP contribution in [0.1, 0.15) is 24.8 Å². The topological polar surface area (TPSA) is 76.1 Å². The molecule has 2 unspecified atom stereocenters. The number of hydrogen-bond acceptors (Lipinski definition) is 7. The number of allylic oxidation sites excluding steroid dienone is 1. The molecule has 0 aliphatic carbocycles. The molecular formula is C15H19N5OS. The number of nitrogens with two attached hydrogens (primary N) is 1. The van der Waals surface area contributed by atoms with Gasteiger partial charge in [-0.3, -0.25) is 0 Å². The lowest BCUT2D eigenvalue weighted by Gasteiger charge is -2.42. The number of guanidine groups is 1. The smallest absolute Gasteiger partial charge is 0.217 e. The molecule has 6 nitrogen and oxygen atoms in total. The summed E-state index contributed by atoms with van der Waals surface area (Å²) < 4.78 is 5.58. The van der Waals surface area contributed by atoms with Crippen molar-refractivity contribution in [2.24, 2.45) is 21.6 Å². The zero-order valence-electron chi connectivity index (χ0n) is 12.5. The Kier molecular flexibility index (Phi) is 3.46. The van der Waals surface area contributed by atoms with Crippen LogP contribution in [0.15, 0.2) is 27.8 Å². The van der Waals surface area contributed by atoms with Crippen LogP contribution in [0.25, 0.3) is 5.57 Å². The van der Waals surface area contributed by atoms with Crippen molar-refractivity contribution in [3.63, 3.8) is 0 Å². The molecule has 2 N–H and O–H groups in total. The van der Waals surface area contributed by atoms with Crippen molar-refractivity contribution >= 4 is 28.6 Å². The summed E-state index contributed by atoms with van der Waals surface area (Å²) in [6.45, 7) is 3.61. The van der Waals surface area contributed by atoms with Gasteiger partial charge >= 0.3 is 0 Å². The molecule has 0 amide bonds. The average Bonchev–Trinajstić information content (AvgIpc) is 3.20. The largest absolute Gasteiger partial charge is 0.379 e. The van der Waals surface area contributed by atoms with Gasteiger partial charge in [0.05, 0.1) is 12.6 Å². The van der Waals surface area contributed by atoms with Gasteiger partial charge in [-0.05, 0) is 19.8 Å². The van der Waals surface area contributed by atoms with Gasteiger partial charge in [0, 0.05) is 41.6 Å². The van der Waals surface area contributed by atoms with Gasteiger partial charge in [0.2, 0.25) is 5.96 Å². The van der Waals surface area contributed by atoms with Crippen molar-refractivity contribution in [1.29, 1.82) is 0 Å². The normalized spacial score (nSPS) is 31.4. The third-order valence-electron chi connectivity index (χ3n) is 4.54. The van der Waals surface area contributed by atoms with E-state index in [9.17, 15) is 0 Å². The second-order valence-electron chi connectivity index (χ2n) is 5.92. The van der Waals surface area contributed by atoms with Crippen LogP contribution >= 0.6 is 11.3 Å². The van der Waals surface area contributed by atoms with Crippen molar-refractivity contribution in [3.8, 4) is 0 Å². The van der Waals surface area contributed by atoms with Crippen LogP contribution in [0.2, 0.25) is 0 Å². The minimum Gasteiger partial charge on any atom is -0.379 e. The molecule has 0 aromatic carbocycles. The Morgan fingerprint density at radius 1 is 1.45 bits per heavy atom. The zero-order valence-corrected chi connectivity index (χ0v) is 13.3. The van der Waals surface area contributed by atoms with Gasteiger partial charge in [-0.25, -0.2) is 15.0 Å². The molecule has 116 valence electrons. The van der Waals surface area contributed by atoms with Gasteiger partial charge in [0.15, 0.2) is 0 Å². The van der Waals surface area contributed by atoms with Crippen molar-refractivity contribution < 1.29 is 4.74 Å². The summed E-state index contributed by atoms with van der Waals surface area (Å²) in [7, 11) is 0. The van der Waals surface area contributed by atoms with E-state index in [1.807, 2.05) is 18.5 Å². The minimum absolute atomic E-state index is 0.0351. The highest BCUT2D eigenvalue weighted by molar-refractivity contribution is 7.10. The molecule has 4 rings (SSSR count). The summed E-state index contributed by atoms with van der Waals surface area (Å²) in [6.07, 6.45) is 6.04. The summed E-state index contributed by atoms with van der Waals surface area (Å²) in [5.41, 5.74) is 8.21. The number of aromatic nitrogens is 1. The monoisotopic (exact) mass is 317 g/mol. The molecule has 3 atom stereocenters. The van der Waals surface area contributed by atoms with Crippen LogP contribution in [-0.4, -0.2) is 47.0 Å². The van der Waals surface area contributed by atoms with Crippen LogP contribution in [-0.2, 0) is 4.74 Å². The number of ether oxygens (including phenoxy) is 1. The quantitative estimate of drug-likeness (QED) is 0.901. The highest BCUT2D eigenvalue weighted by atomic mass is 32.1. The minimum atomic E-state index is 0.0351. The zero-order chi connectivity index (χ0) is 15.1. The number of fused-ring (bicyclic) bond motifs is 1. The first-order valence-corrected chi connectivity index (χ1v) is 8.44. The van der Waals surface area contributed by atoms with E-state index in [0.717, 1.165) is 36.8 Å². The predicted octanol–water partition coefficient (Wildman–Crippen LogP) is 1.71. The number of rotatable bonds is 2. The average molecular weight is 317 g/mol. The fourth-order valence-electron chi connectivity index (χ4n) is 3.41. The number of nitrogens with zero attached hydrogens (tertiary/aromatic N) is 4. The second-order valence-corrected chi connectivity index (χ2v) is 6.82. The Bertz CT molecular complexity index is 645. The Labute approximate surface area is 133 Å². The molecule has 1 fully saturated rings. The van der Waals surface area contributed by atoms with E-state index in [1.54, 1.807) is 11.3 Å². The standard InChI is InChI=1S/C15H19N5OS/c1-9-12-6-10(14-17-3-5-22-14)7-20(11-2-4-21-8-11)13(12)19-15(16)18-9/h3,5,7,11-13H,2,4,6,8H2,1H3,(H2,16,19)/t11-,12?,13?/m0/s1. The summed E-state index contributed by atoms with van der Waals surface area (Å²) >= 11 is 1.68. The summed E-state index contributed by atoms with van der Waals surface area (Å²) in [5, 5.41) is 3.10. The lowest BCUT2D eigenvalue weighted by Crippen LogP contribution is -2.50. The predicted molar refractivity (Wildman–Crippen MR) is 87.8 cm³/mol. The molecule has 1 saturated heterocycles. The highest BCUT2D eigenvalue weighted by Gasteiger charge is 2.39. The van der Waals surface area contributed by atoms with E-state index < -0.39 is 0 Å².